The molecule has 0 saturated heterocycles. The lowest BCUT2D eigenvalue weighted by atomic mass is 9.62. The number of allylic oxidation sites excluding steroid dienone is 1. The Labute approximate surface area is 96.2 Å². The van der Waals surface area contributed by atoms with Gasteiger partial charge in [0.15, 0.2) is 0 Å². The summed E-state index contributed by atoms with van der Waals surface area (Å²) < 4.78 is 0. The standard InChI is InChI=1S/C15H28/c1-11-8-9-13(10-15(11,6)7)12(2)14(3,4)5/h12-13H,1,8-10H2,2-7H3. The van der Waals surface area contributed by atoms with Crippen molar-refractivity contribution >= 4 is 0 Å². The molecule has 0 aromatic heterocycles. The van der Waals surface area contributed by atoms with E-state index in [1.807, 2.05) is 0 Å². The molecule has 0 aromatic rings. The van der Waals surface area contributed by atoms with Crippen LogP contribution in [0.1, 0.15) is 60.8 Å². The molecule has 1 saturated carbocycles. The summed E-state index contributed by atoms with van der Waals surface area (Å²) in [7, 11) is 0. The molecule has 2 unspecified atom stereocenters. The molecule has 0 heteroatoms. The van der Waals surface area contributed by atoms with Gasteiger partial charge in [0, 0.05) is 0 Å². The fourth-order valence-corrected chi connectivity index (χ4v) is 2.73. The molecule has 15 heavy (non-hydrogen) atoms. The van der Waals surface area contributed by atoms with Gasteiger partial charge in [0.05, 0.1) is 0 Å². The fraction of sp³-hybridized carbons (Fsp3) is 0.867. The van der Waals surface area contributed by atoms with Gasteiger partial charge < -0.3 is 0 Å². The second kappa shape index (κ2) is 3.96. The van der Waals surface area contributed by atoms with Gasteiger partial charge >= 0.3 is 0 Å². The van der Waals surface area contributed by atoms with Crippen LogP contribution in [0.3, 0.4) is 0 Å². The minimum Gasteiger partial charge on any atom is -0.0993 e. The molecule has 0 amide bonds. The molecule has 0 heterocycles. The van der Waals surface area contributed by atoms with E-state index in [0.717, 1.165) is 11.8 Å². The zero-order valence-electron chi connectivity index (χ0n) is 11.5. The molecule has 0 aromatic carbocycles. The van der Waals surface area contributed by atoms with Crippen molar-refractivity contribution in [3.63, 3.8) is 0 Å². The third-order valence-electron chi connectivity index (χ3n) is 4.62. The van der Waals surface area contributed by atoms with E-state index in [9.17, 15) is 0 Å². The van der Waals surface area contributed by atoms with Gasteiger partial charge in [-0.1, -0.05) is 53.7 Å². The maximum atomic E-state index is 4.22. The van der Waals surface area contributed by atoms with Crippen LogP contribution in [-0.4, -0.2) is 0 Å². The molecule has 0 aliphatic heterocycles. The number of hydrogen-bond donors (Lipinski definition) is 0. The summed E-state index contributed by atoms with van der Waals surface area (Å²) in [6, 6.07) is 0. The Bertz CT molecular complexity index is 239. The summed E-state index contributed by atoms with van der Waals surface area (Å²) in [5.41, 5.74) is 2.27. The SMILES string of the molecule is C=C1CCC(C(C)C(C)(C)C)CC1(C)C. The summed E-state index contributed by atoms with van der Waals surface area (Å²) in [6.07, 6.45) is 3.91. The van der Waals surface area contributed by atoms with Crippen molar-refractivity contribution in [2.45, 2.75) is 60.8 Å². The first-order valence-corrected chi connectivity index (χ1v) is 6.33. The van der Waals surface area contributed by atoms with E-state index >= 15 is 0 Å². The van der Waals surface area contributed by atoms with Crippen molar-refractivity contribution in [1.29, 1.82) is 0 Å². The topological polar surface area (TPSA) is 0 Å². The van der Waals surface area contributed by atoms with Gasteiger partial charge in [0.1, 0.15) is 0 Å². The van der Waals surface area contributed by atoms with Crippen LogP contribution in [0.5, 0.6) is 0 Å². The molecule has 0 spiro atoms. The highest BCUT2D eigenvalue weighted by Crippen LogP contribution is 2.47. The van der Waals surface area contributed by atoms with Gasteiger partial charge in [0.25, 0.3) is 0 Å². The zero-order chi connectivity index (χ0) is 11.9. The normalized spacial score (nSPS) is 28.9. The Hall–Kier alpha value is -0.260. The molecule has 1 aliphatic carbocycles. The van der Waals surface area contributed by atoms with Crippen molar-refractivity contribution in [2.75, 3.05) is 0 Å². The lowest BCUT2D eigenvalue weighted by Crippen LogP contribution is -2.33. The zero-order valence-corrected chi connectivity index (χ0v) is 11.5. The molecule has 0 N–H and O–H groups in total. The Morgan fingerprint density at radius 1 is 1.33 bits per heavy atom. The van der Waals surface area contributed by atoms with E-state index < -0.39 is 0 Å². The van der Waals surface area contributed by atoms with Crippen LogP contribution in [-0.2, 0) is 0 Å². The second-order valence-electron chi connectivity index (χ2n) is 7.15. The van der Waals surface area contributed by atoms with E-state index in [-0.39, 0.29) is 0 Å². The summed E-state index contributed by atoms with van der Waals surface area (Å²) in [6.45, 7) is 18.5. The number of rotatable bonds is 1. The highest BCUT2D eigenvalue weighted by atomic mass is 14.4. The molecule has 1 aliphatic rings. The average Bonchev–Trinajstić information content (AvgIpc) is 2.07. The Kier molecular flexibility index (Phi) is 3.38. The van der Waals surface area contributed by atoms with Gasteiger partial charge in [-0.2, -0.15) is 0 Å². The van der Waals surface area contributed by atoms with Gasteiger partial charge in [-0.3, -0.25) is 0 Å². The van der Waals surface area contributed by atoms with E-state index in [2.05, 4.69) is 48.1 Å². The van der Waals surface area contributed by atoms with Crippen LogP contribution in [0.4, 0.5) is 0 Å². The maximum absolute atomic E-state index is 4.22. The van der Waals surface area contributed by atoms with Crippen LogP contribution in [0, 0.1) is 22.7 Å². The van der Waals surface area contributed by atoms with Crippen LogP contribution in [0.25, 0.3) is 0 Å². The molecule has 1 fully saturated rings. The van der Waals surface area contributed by atoms with E-state index in [4.69, 9.17) is 0 Å². The third kappa shape index (κ3) is 2.86. The lowest BCUT2D eigenvalue weighted by Gasteiger charge is -2.43. The molecule has 0 nitrogen and oxygen atoms in total. The van der Waals surface area contributed by atoms with Gasteiger partial charge in [-0.05, 0) is 41.9 Å². The Morgan fingerprint density at radius 2 is 1.87 bits per heavy atom. The molecular formula is C15H28. The van der Waals surface area contributed by atoms with Crippen molar-refractivity contribution in [1.82, 2.24) is 0 Å². The second-order valence-corrected chi connectivity index (χ2v) is 7.15. The largest absolute Gasteiger partial charge is 0.0993 e. The summed E-state index contributed by atoms with van der Waals surface area (Å²) in [5, 5.41) is 0. The summed E-state index contributed by atoms with van der Waals surface area (Å²) in [4.78, 5) is 0. The first-order chi connectivity index (χ1) is 6.64. The van der Waals surface area contributed by atoms with Crippen molar-refractivity contribution < 1.29 is 0 Å². The van der Waals surface area contributed by atoms with Crippen molar-refractivity contribution in [2.24, 2.45) is 22.7 Å². The summed E-state index contributed by atoms with van der Waals surface area (Å²) in [5.74, 6) is 1.69. The van der Waals surface area contributed by atoms with Crippen molar-refractivity contribution in [3.8, 4) is 0 Å². The maximum Gasteiger partial charge on any atom is -0.0145 e. The minimum absolute atomic E-state index is 0.364. The van der Waals surface area contributed by atoms with Crippen molar-refractivity contribution in [3.05, 3.63) is 12.2 Å². The monoisotopic (exact) mass is 208 g/mol. The number of hydrogen-bond acceptors (Lipinski definition) is 0. The quantitative estimate of drug-likeness (QED) is 0.529. The smallest absolute Gasteiger partial charge is 0.0145 e. The molecule has 1 rings (SSSR count). The Balaban J connectivity index is 2.71. The minimum atomic E-state index is 0.364. The molecule has 88 valence electrons. The molecule has 0 bridgehead atoms. The first kappa shape index (κ1) is 12.8. The lowest BCUT2D eigenvalue weighted by molar-refractivity contribution is 0.112. The first-order valence-electron chi connectivity index (χ1n) is 6.33. The van der Waals surface area contributed by atoms with E-state index in [1.165, 1.54) is 24.8 Å². The van der Waals surface area contributed by atoms with Crippen LogP contribution in [0.15, 0.2) is 12.2 Å². The van der Waals surface area contributed by atoms with Crippen LogP contribution >= 0.6 is 0 Å². The van der Waals surface area contributed by atoms with E-state index in [0.29, 0.717) is 10.8 Å². The predicted octanol–water partition coefficient (Wildman–Crippen LogP) is 5.05. The fourth-order valence-electron chi connectivity index (χ4n) is 2.73. The Morgan fingerprint density at radius 3 is 2.27 bits per heavy atom. The molecule has 2 atom stereocenters. The highest BCUT2D eigenvalue weighted by Gasteiger charge is 2.36. The average molecular weight is 208 g/mol. The molecular weight excluding hydrogens is 180 g/mol. The predicted molar refractivity (Wildman–Crippen MR) is 68.9 cm³/mol. The van der Waals surface area contributed by atoms with Crippen LogP contribution < -0.4 is 0 Å². The summed E-state index contributed by atoms with van der Waals surface area (Å²) >= 11 is 0. The van der Waals surface area contributed by atoms with Crippen LogP contribution in [0.2, 0.25) is 0 Å². The van der Waals surface area contributed by atoms with Gasteiger partial charge in [-0.15, -0.1) is 0 Å². The van der Waals surface area contributed by atoms with Gasteiger partial charge in [-0.25, -0.2) is 0 Å². The van der Waals surface area contributed by atoms with E-state index in [1.54, 1.807) is 0 Å². The molecule has 0 radical (unpaired) electrons. The third-order valence-corrected chi connectivity index (χ3v) is 4.62. The van der Waals surface area contributed by atoms with Gasteiger partial charge in [0.2, 0.25) is 0 Å². The highest BCUT2D eigenvalue weighted by molar-refractivity contribution is 5.11.